The molecule has 1 aromatic rings. The van der Waals surface area contributed by atoms with Gasteiger partial charge in [0.25, 0.3) is 0 Å². The quantitative estimate of drug-likeness (QED) is 0.640. The number of quaternary nitrogens is 1. The summed E-state index contributed by atoms with van der Waals surface area (Å²) in [6.45, 7) is 5.89. The summed E-state index contributed by atoms with van der Waals surface area (Å²) in [5.41, 5.74) is 0.842. The van der Waals surface area contributed by atoms with Gasteiger partial charge in [-0.15, -0.1) is 5.10 Å². The molecule has 8 heteroatoms. The number of amides is 1. The Hall–Kier alpha value is -1.51. The number of aliphatic hydroxyl groups is 1. The number of ether oxygens (including phenoxy) is 1. The molecule has 4 saturated heterocycles. The van der Waals surface area contributed by atoms with E-state index in [1.165, 1.54) is 4.90 Å². The maximum absolute atomic E-state index is 12.9. The fourth-order valence-corrected chi connectivity index (χ4v) is 4.70. The van der Waals surface area contributed by atoms with Gasteiger partial charge >= 0.3 is 0 Å². The average Bonchev–Trinajstić information content (AvgIpc) is 3.10. The molecule has 8 nitrogen and oxygen atoms in total. The van der Waals surface area contributed by atoms with Gasteiger partial charge in [0.1, 0.15) is 6.04 Å². The lowest BCUT2D eigenvalue weighted by Gasteiger charge is -2.47. The maximum atomic E-state index is 12.9. The summed E-state index contributed by atoms with van der Waals surface area (Å²) in [6.07, 6.45) is 4.74. The lowest BCUT2D eigenvalue weighted by molar-refractivity contribution is -0.945. The number of nitrogens with zero attached hydrogens (tertiary/aromatic N) is 4. The molecule has 4 aliphatic rings. The van der Waals surface area contributed by atoms with Gasteiger partial charge in [0.05, 0.1) is 44.5 Å². The Morgan fingerprint density at radius 2 is 2.24 bits per heavy atom. The van der Waals surface area contributed by atoms with E-state index < -0.39 is 0 Å². The van der Waals surface area contributed by atoms with Crippen molar-refractivity contribution >= 4 is 5.91 Å². The van der Waals surface area contributed by atoms with Crippen molar-refractivity contribution in [2.45, 2.75) is 31.8 Å². The molecular formula is C17H28N5O3+. The Morgan fingerprint density at radius 3 is 2.96 bits per heavy atom. The summed E-state index contributed by atoms with van der Waals surface area (Å²) >= 11 is 0. The van der Waals surface area contributed by atoms with Crippen molar-refractivity contribution in [2.24, 2.45) is 11.8 Å². The third kappa shape index (κ3) is 3.56. The number of aliphatic hydroxyl groups excluding tert-OH is 1. The second kappa shape index (κ2) is 7.39. The summed E-state index contributed by atoms with van der Waals surface area (Å²) < 4.78 is 7.28. The van der Waals surface area contributed by atoms with Gasteiger partial charge in [0, 0.05) is 45.2 Å². The molecule has 25 heavy (non-hydrogen) atoms. The highest BCUT2D eigenvalue weighted by Crippen LogP contribution is 2.29. The van der Waals surface area contributed by atoms with Crippen LogP contribution in [-0.2, 0) is 22.5 Å². The molecule has 1 unspecified atom stereocenters. The van der Waals surface area contributed by atoms with E-state index in [1.54, 1.807) is 0 Å². The predicted octanol–water partition coefficient (Wildman–Crippen LogP) is -2.03. The van der Waals surface area contributed by atoms with E-state index >= 15 is 0 Å². The number of hydrogen-bond acceptors (Lipinski definition) is 5. The SMILES string of the molecule is O=C([C@H]1C[NH+]2CC[C@@H]1C[C@@H]2Cn1cc(CCO)nn1)N1CCOCC1. The van der Waals surface area contributed by atoms with Crippen molar-refractivity contribution < 1.29 is 19.5 Å². The van der Waals surface area contributed by atoms with E-state index in [0.29, 0.717) is 37.5 Å². The molecule has 5 rings (SSSR count). The lowest BCUT2D eigenvalue weighted by Crippen LogP contribution is -3.20. The van der Waals surface area contributed by atoms with Crippen molar-refractivity contribution in [3.8, 4) is 0 Å². The fourth-order valence-electron chi connectivity index (χ4n) is 4.70. The van der Waals surface area contributed by atoms with E-state index in [1.807, 2.05) is 15.8 Å². The van der Waals surface area contributed by atoms with Crippen LogP contribution in [0.2, 0.25) is 0 Å². The monoisotopic (exact) mass is 350 g/mol. The molecule has 0 aromatic carbocycles. The highest BCUT2D eigenvalue weighted by Gasteiger charge is 2.47. The summed E-state index contributed by atoms with van der Waals surface area (Å²) in [6, 6.07) is 0.510. The number of hydrogen-bond donors (Lipinski definition) is 2. The lowest BCUT2D eigenvalue weighted by atomic mass is 9.75. The van der Waals surface area contributed by atoms with Gasteiger partial charge in [0.15, 0.2) is 0 Å². The van der Waals surface area contributed by atoms with Crippen molar-refractivity contribution in [3.63, 3.8) is 0 Å². The molecule has 0 saturated carbocycles. The van der Waals surface area contributed by atoms with Crippen LogP contribution < -0.4 is 4.90 Å². The third-order valence-corrected chi connectivity index (χ3v) is 6.05. The number of aromatic nitrogens is 3. The zero-order valence-electron chi connectivity index (χ0n) is 14.6. The minimum absolute atomic E-state index is 0.104. The number of rotatable bonds is 5. The minimum Gasteiger partial charge on any atom is -0.396 e. The van der Waals surface area contributed by atoms with Gasteiger partial charge in [-0.2, -0.15) is 0 Å². The fraction of sp³-hybridized carbons (Fsp3) is 0.824. The third-order valence-electron chi connectivity index (χ3n) is 6.05. The molecule has 0 spiro atoms. The Morgan fingerprint density at radius 1 is 1.40 bits per heavy atom. The van der Waals surface area contributed by atoms with Crippen LogP contribution in [0.5, 0.6) is 0 Å². The normalized spacial score (nSPS) is 32.1. The molecule has 2 N–H and O–H groups in total. The van der Waals surface area contributed by atoms with Crippen LogP contribution in [0.25, 0.3) is 0 Å². The van der Waals surface area contributed by atoms with Crippen LogP contribution >= 0.6 is 0 Å². The van der Waals surface area contributed by atoms with Crippen LogP contribution in [0.3, 0.4) is 0 Å². The molecule has 0 radical (unpaired) electrons. The molecule has 1 amide bonds. The highest BCUT2D eigenvalue weighted by atomic mass is 16.5. The predicted molar refractivity (Wildman–Crippen MR) is 88.9 cm³/mol. The van der Waals surface area contributed by atoms with Gasteiger partial charge in [-0.3, -0.25) is 4.79 Å². The van der Waals surface area contributed by atoms with Crippen molar-refractivity contribution in [3.05, 3.63) is 11.9 Å². The van der Waals surface area contributed by atoms with E-state index in [4.69, 9.17) is 9.84 Å². The van der Waals surface area contributed by atoms with Gasteiger partial charge in [-0.25, -0.2) is 4.68 Å². The van der Waals surface area contributed by atoms with Crippen molar-refractivity contribution in [2.75, 3.05) is 46.0 Å². The van der Waals surface area contributed by atoms with E-state index in [0.717, 1.165) is 51.3 Å². The Labute approximate surface area is 147 Å². The second-order valence-corrected chi connectivity index (χ2v) is 7.54. The van der Waals surface area contributed by atoms with E-state index in [2.05, 4.69) is 10.3 Å². The zero-order valence-corrected chi connectivity index (χ0v) is 14.6. The number of carbonyl (C=O) groups is 1. The number of carbonyl (C=O) groups excluding carboxylic acids is 1. The molecule has 138 valence electrons. The molecule has 0 aliphatic carbocycles. The summed E-state index contributed by atoms with van der Waals surface area (Å²) in [4.78, 5) is 16.4. The van der Waals surface area contributed by atoms with Crippen molar-refractivity contribution in [1.82, 2.24) is 19.9 Å². The first-order valence-electron chi connectivity index (χ1n) is 9.45. The van der Waals surface area contributed by atoms with Gasteiger partial charge in [-0.1, -0.05) is 5.21 Å². The number of nitrogens with one attached hydrogen (secondary N) is 1. The van der Waals surface area contributed by atoms with Crippen LogP contribution in [0.15, 0.2) is 6.20 Å². The highest BCUT2D eigenvalue weighted by molar-refractivity contribution is 5.79. The molecule has 4 aliphatic heterocycles. The van der Waals surface area contributed by atoms with Crippen LogP contribution in [0, 0.1) is 11.8 Å². The van der Waals surface area contributed by atoms with Crippen LogP contribution in [0.4, 0.5) is 0 Å². The first-order chi connectivity index (χ1) is 12.2. The van der Waals surface area contributed by atoms with E-state index in [-0.39, 0.29) is 12.5 Å². The first-order valence-corrected chi connectivity index (χ1v) is 9.45. The molecular weight excluding hydrogens is 322 g/mol. The zero-order chi connectivity index (χ0) is 17.2. The molecule has 4 atom stereocenters. The smallest absolute Gasteiger partial charge is 0.231 e. The summed E-state index contributed by atoms with van der Waals surface area (Å²) in [5, 5.41) is 17.3. The number of morpholine rings is 1. The van der Waals surface area contributed by atoms with Crippen molar-refractivity contribution in [1.29, 1.82) is 0 Å². The topological polar surface area (TPSA) is 84.9 Å². The summed E-state index contributed by atoms with van der Waals surface area (Å²) in [7, 11) is 0. The molecule has 5 heterocycles. The van der Waals surface area contributed by atoms with E-state index in [9.17, 15) is 4.79 Å². The molecule has 4 fully saturated rings. The number of fused-ring (bicyclic) bond motifs is 3. The standard InChI is InChI=1S/C17H27N5O3/c23-6-2-14-10-22(19-18-14)11-15-9-13-1-3-21(15)12-16(13)17(24)20-4-7-25-8-5-20/h10,13,15-16,23H,1-9,11-12H2/p+1/t13-,15-,16+/m1/s1. The maximum Gasteiger partial charge on any atom is 0.231 e. The first kappa shape index (κ1) is 16.9. The Bertz CT molecular complexity index is 601. The van der Waals surface area contributed by atoms with Crippen LogP contribution in [-0.4, -0.2) is 82.9 Å². The Kier molecular flexibility index (Phi) is 5.00. The Balaban J connectivity index is 1.37. The largest absolute Gasteiger partial charge is 0.396 e. The van der Waals surface area contributed by atoms with Gasteiger partial charge in [-0.05, 0) is 5.92 Å². The van der Waals surface area contributed by atoms with Gasteiger partial charge < -0.3 is 19.6 Å². The minimum atomic E-state index is 0.104. The molecule has 2 bridgehead atoms. The molecule has 1 aromatic heterocycles. The average molecular weight is 350 g/mol. The number of piperidine rings is 3. The van der Waals surface area contributed by atoms with Crippen LogP contribution in [0.1, 0.15) is 18.5 Å². The summed E-state index contributed by atoms with van der Waals surface area (Å²) in [5.74, 6) is 1.02. The second-order valence-electron chi connectivity index (χ2n) is 7.54. The van der Waals surface area contributed by atoms with Gasteiger partial charge in [0.2, 0.25) is 5.91 Å².